The average molecular weight is 622 g/mol. The minimum atomic E-state index is 0.594. The first-order valence-corrected chi connectivity index (χ1v) is 16.0. The van der Waals surface area contributed by atoms with Crippen LogP contribution in [0.15, 0.2) is 140 Å². The van der Waals surface area contributed by atoms with Crippen molar-refractivity contribution in [3.8, 4) is 56.5 Å². The number of nitrogens with zero attached hydrogens (tertiary/aromatic N) is 7. The van der Waals surface area contributed by atoms with Crippen LogP contribution in [0.2, 0.25) is 0 Å². The van der Waals surface area contributed by atoms with E-state index in [0.29, 0.717) is 17.5 Å². The van der Waals surface area contributed by atoms with Crippen LogP contribution in [-0.2, 0) is 0 Å². The van der Waals surface area contributed by atoms with Crippen LogP contribution < -0.4 is 0 Å². The highest BCUT2D eigenvalue weighted by atomic mass is 32.1. The third-order valence-corrected chi connectivity index (χ3v) is 9.29. The van der Waals surface area contributed by atoms with Gasteiger partial charge < -0.3 is 0 Å². The summed E-state index contributed by atoms with van der Waals surface area (Å²) in [5.41, 5.74) is 8.49. The van der Waals surface area contributed by atoms with Crippen molar-refractivity contribution in [2.75, 3.05) is 0 Å². The number of pyridine rings is 1. The Hall–Kier alpha value is -6.25. The monoisotopic (exact) mass is 621 g/mol. The smallest absolute Gasteiger partial charge is 0.164 e. The molecule has 8 heteroatoms. The van der Waals surface area contributed by atoms with Crippen molar-refractivity contribution in [1.82, 2.24) is 35.3 Å². The lowest BCUT2D eigenvalue weighted by molar-refractivity contribution is 0.904. The van der Waals surface area contributed by atoms with Crippen LogP contribution in [0.4, 0.5) is 0 Å². The summed E-state index contributed by atoms with van der Waals surface area (Å²) in [6.07, 6.45) is 0. The molecule has 0 atom stereocenters. The van der Waals surface area contributed by atoms with Gasteiger partial charge in [0.15, 0.2) is 17.5 Å². The van der Waals surface area contributed by atoms with E-state index in [4.69, 9.17) is 19.9 Å². The second-order valence-corrected chi connectivity index (χ2v) is 12.1. The topological polar surface area (TPSA) is 90.2 Å². The predicted molar refractivity (Wildman–Crippen MR) is 189 cm³/mol. The highest BCUT2D eigenvalue weighted by Crippen LogP contribution is 2.38. The van der Waals surface area contributed by atoms with E-state index in [2.05, 4.69) is 63.9 Å². The molecule has 0 unspecified atom stereocenters. The summed E-state index contributed by atoms with van der Waals surface area (Å²) in [5.74, 6) is 1.83. The van der Waals surface area contributed by atoms with E-state index in [-0.39, 0.29) is 0 Å². The largest absolute Gasteiger partial charge is 0.237 e. The minimum absolute atomic E-state index is 0.594. The Balaban J connectivity index is 1.11. The fraction of sp³-hybridized carbons (Fsp3) is 0. The van der Waals surface area contributed by atoms with Crippen molar-refractivity contribution in [1.29, 1.82) is 0 Å². The molecule has 0 saturated carbocycles. The van der Waals surface area contributed by atoms with Crippen molar-refractivity contribution in [2.24, 2.45) is 0 Å². The molecule has 47 heavy (non-hydrogen) atoms. The quantitative estimate of drug-likeness (QED) is 0.189. The predicted octanol–water partition coefficient (Wildman–Crippen LogP) is 9.31. The summed E-state index contributed by atoms with van der Waals surface area (Å²) in [7, 11) is 0. The zero-order valence-corrected chi connectivity index (χ0v) is 25.6. The number of fused-ring (bicyclic) bond motifs is 4. The van der Waals surface area contributed by atoms with Crippen molar-refractivity contribution in [2.45, 2.75) is 0 Å². The van der Waals surface area contributed by atoms with E-state index in [0.717, 1.165) is 70.4 Å². The number of para-hydroxylation sites is 1. The number of thiophene rings is 1. The van der Waals surface area contributed by atoms with Crippen molar-refractivity contribution in [3.05, 3.63) is 140 Å². The van der Waals surface area contributed by atoms with Gasteiger partial charge in [-0.2, -0.15) is 0 Å². The Bertz CT molecular complexity index is 2550. The molecule has 0 bridgehead atoms. The molecule has 9 rings (SSSR count). The first kappa shape index (κ1) is 27.1. The zero-order chi connectivity index (χ0) is 31.2. The van der Waals surface area contributed by atoms with Crippen molar-refractivity contribution in [3.63, 3.8) is 0 Å². The van der Waals surface area contributed by atoms with E-state index in [1.165, 1.54) is 0 Å². The molecule has 0 aliphatic rings. The lowest BCUT2D eigenvalue weighted by Gasteiger charge is -2.09. The normalized spacial score (nSPS) is 11.4. The SMILES string of the molecule is c1ccc(-c2ccc(-c3nc(-c4ccccc4)nc(-c4ccc(-c5nnnc6c5sc5nc7ccccc7cc56)cc4)n3)cc2)cc1. The van der Waals surface area contributed by atoms with E-state index in [1.54, 1.807) is 11.3 Å². The van der Waals surface area contributed by atoms with Gasteiger partial charge in [-0.15, -0.1) is 21.5 Å². The minimum Gasteiger partial charge on any atom is -0.237 e. The van der Waals surface area contributed by atoms with Crippen LogP contribution in [0.5, 0.6) is 0 Å². The fourth-order valence-electron chi connectivity index (χ4n) is 5.79. The molecule has 220 valence electrons. The molecule has 5 aromatic carbocycles. The summed E-state index contributed by atoms with van der Waals surface area (Å²) in [6.45, 7) is 0. The first-order valence-electron chi connectivity index (χ1n) is 15.2. The molecule has 0 radical (unpaired) electrons. The van der Waals surface area contributed by atoms with Gasteiger partial charge in [-0.05, 0) is 28.5 Å². The molecule has 0 aliphatic carbocycles. The maximum absolute atomic E-state index is 4.94. The van der Waals surface area contributed by atoms with Crippen LogP contribution in [-0.4, -0.2) is 35.3 Å². The molecular formula is C39H23N7S. The molecule has 9 aromatic rings. The van der Waals surface area contributed by atoms with Gasteiger partial charge in [-0.1, -0.05) is 127 Å². The standard InChI is InChI=1S/C39H23N7S/c1-3-9-24(10-4-1)25-15-19-28(20-16-25)37-41-36(27-11-5-2-6-12-27)42-38(43-37)29-21-17-26(18-22-29)33-35-34(45-46-44-33)31-23-30-13-7-8-14-32(30)40-39(31)47-35/h1-23H. The van der Waals surface area contributed by atoms with Gasteiger partial charge in [-0.25, -0.2) is 19.9 Å². The molecule has 0 spiro atoms. The third-order valence-electron chi connectivity index (χ3n) is 8.20. The van der Waals surface area contributed by atoms with Crippen LogP contribution in [0.3, 0.4) is 0 Å². The Labute approximate surface area is 273 Å². The summed E-state index contributed by atoms with van der Waals surface area (Å²) >= 11 is 1.59. The second-order valence-electron chi connectivity index (χ2n) is 11.1. The fourth-order valence-corrected chi connectivity index (χ4v) is 6.89. The lowest BCUT2D eigenvalue weighted by atomic mass is 10.0. The van der Waals surface area contributed by atoms with Crippen LogP contribution in [0.1, 0.15) is 0 Å². The van der Waals surface area contributed by atoms with Gasteiger partial charge in [0, 0.05) is 33.0 Å². The summed E-state index contributed by atoms with van der Waals surface area (Å²) in [4.78, 5) is 20.5. The lowest BCUT2D eigenvalue weighted by Crippen LogP contribution is -2.00. The number of rotatable bonds is 5. The number of hydrogen-bond acceptors (Lipinski definition) is 8. The summed E-state index contributed by atoms with van der Waals surface area (Å²) < 4.78 is 0.957. The van der Waals surface area contributed by atoms with Gasteiger partial charge >= 0.3 is 0 Å². The molecule has 0 aliphatic heterocycles. The molecule has 0 N–H and O–H groups in total. The molecular weight excluding hydrogens is 599 g/mol. The molecule has 4 heterocycles. The van der Waals surface area contributed by atoms with E-state index in [1.807, 2.05) is 91.0 Å². The molecule has 0 amide bonds. The van der Waals surface area contributed by atoms with Crippen molar-refractivity contribution < 1.29 is 0 Å². The Morgan fingerprint density at radius 3 is 1.60 bits per heavy atom. The van der Waals surface area contributed by atoms with Gasteiger partial charge in [-0.3, -0.25) is 0 Å². The van der Waals surface area contributed by atoms with Crippen molar-refractivity contribution >= 4 is 42.7 Å². The second kappa shape index (κ2) is 11.3. The summed E-state index contributed by atoms with van der Waals surface area (Å²) in [6, 6.07) is 47.0. The zero-order valence-electron chi connectivity index (χ0n) is 24.8. The van der Waals surface area contributed by atoms with Crippen LogP contribution in [0.25, 0.3) is 87.9 Å². The van der Waals surface area contributed by atoms with Gasteiger partial charge in [0.2, 0.25) is 0 Å². The highest BCUT2D eigenvalue weighted by molar-refractivity contribution is 7.25. The van der Waals surface area contributed by atoms with Gasteiger partial charge in [0.1, 0.15) is 16.0 Å². The third kappa shape index (κ3) is 4.97. The van der Waals surface area contributed by atoms with E-state index >= 15 is 0 Å². The molecule has 7 nitrogen and oxygen atoms in total. The average Bonchev–Trinajstić information content (AvgIpc) is 3.52. The Kier molecular flexibility index (Phi) is 6.50. The maximum Gasteiger partial charge on any atom is 0.164 e. The van der Waals surface area contributed by atoms with Gasteiger partial charge in [0.25, 0.3) is 0 Å². The first-order chi connectivity index (χ1) is 23.3. The van der Waals surface area contributed by atoms with Crippen LogP contribution in [0, 0.1) is 0 Å². The van der Waals surface area contributed by atoms with E-state index in [9.17, 15) is 0 Å². The summed E-state index contributed by atoms with van der Waals surface area (Å²) in [5, 5.41) is 15.1. The highest BCUT2D eigenvalue weighted by Gasteiger charge is 2.17. The number of aromatic nitrogens is 7. The maximum atomic E-state index is 4.94. The van der Waals surface area contributed by atoms with Crippen LogP contribution >= 0.6 is 11.3 Å². The Morgan fingerprint density at radius 1 is 0.426 bits per heavy atom. The van der Waals surface area contributed by atoms with Gasteiger partial charge in [0.05, 0.1) is 10.2 Å². The Morgan fingerprint density at radius 2 is 0.936 bits per heavy atom. The molecule has 0 fully saturated rings. The number of hydrogen-bond donors (Lipinski definition) is 0. The molecule has 4 aromatic heterocycles. The van der Waals surface area contributed by atoms with E-state index < -0.39 is 0 Å². The number of benzene rings is 5. The molecule has 0 saturated heterocycles.